The highest BCUT2D eigenvalue weighted by Crippen LogP contribution is 2.24. The third-order valence-electron chi connectivity index (χ3n) is 4.89. The van der Waals surface area contributed by atoms with E-state index in [2.05, 4.69) is 11.9 Å². The van der Waals surface area contributed by atoms with E-state index >= 15 is 0 Å². The van der Waals surface area contributed by atoms with Crippen LogP contribution in [-0.4, -0.2) is 26.5 Å². The zero-order valence-electron chi connectivity index (χ0n) is 17.2. The van der Waals surface area contributed by atoms with Crippen LogP contribution >= 0.6 is 22.9 Å². The number of carbonyl (C=O) groups excluding carboxylic acids is 1. The molecule has 2 aromatic heterocycles. The molecule has 0 spiro atoms. The molecule has 0 fully saturated rings. The number of imidazole rings is 1. The average Bonchev–Trinajstić information content (AvgIpc) is 3.36. The number of carboxylic acids is 1. The zero-order valence-corrected chi connectivity index (χ0v) is 18.7. The Morgan fingerprint density at radius 3 is 2.65 bits per heavy atom. The van der Waals surface area contributed by atoms with Crippen molar-refractivity contribution in [1.29, 1.82) is 0 Å². The van der Waals surface area contributed by atoms with Gasteiger partial charge >= 0.3 is 5.97 Å². The number of halogens is 1. The van der Waals surface area contributed by atoms with Crippen molar-refractivity contribution in [3.63, 3.8) is 0 Å². The minimum absolute atomic E-state index is 0.0723. The van der Waals surface area contributed by atoms with Crippen molar-refractivity contribution in [2.24, 2.45) is 5.73 Å². The molecule has 1 aromatic carbocycles. The minimum Gasteiger partial charge on any atom is -0.478 e. The number of aromatic nitrogens is 2. The average molecular weight is 458 g/mol. The van der Waals surface area contributed by atoms with Crippen LogP contribution in [0.3, 0.4) is 0 Å². The Balaban J connectivity index is 2.15. The molecule has 0 bridgehead atoms. The maximum Gasteiger partial charge on any atom is 0.332 e. The SMILES string of the molecule is CCCCc1nc(C(N)=O)c(C=C(Cc2cccs2)C(=O)O)n1Cc1ccccc1Cl. The summed E-state index contributed by atoms with van der Waals surface area (Å²) in [6, 6.07) is 11.2. The number of amides is 1. The van der Waals surface area contributed by atoms with Crippen LogP contribution in [0.2, 0.25) is 5.02 Å². The Bertz CT molecular complexity index is 1100. The molecule has 1 amide bonds. The molecular weight excluding hydrogens is 434 g/mol. The van der Waals surface area contributed by atoms with Gasteiger partial charge < -0.3 is 15.4 Å². The van der Waals surface area contributed by atoms with E-state index in [1.807, 2.05) is 40.3 Å². The molecule has 31 heavy (non-hydrogen) atoms. The Labute approximate surface area is 190 Å². The topological polar surface area (TPSA) is 98.2 Å². The highest BCUT2D eigenvalue weighted by molar-refractivity contribution is 7.09. The summed E-state index contributed by atoms with van der Waals surface area (Å²) in [5.74, 6) is -1.06. The fourth-order valence-corrected chi connectivity index (χ4v) is 4.22. The summed E-state index contributed by atoms with van der Waals surface area (Å²) in [6.07, 6.45) is 4.23. The predicted octanol–water partition coefficient (Wildman–Crippen LogP) is 4.80. The van der Waals surface area contributed by atoms with E-state index in [1.165, 1.54) is 17.4 Å². The molecule has 162 valence electrons. The summed E-state index contributed by atoms with van der Waals surface area (Å²) in [5.41, 5.74) is 7.10. The zero-order chi connectivity index (χ0) is 22.4. The van der Waals surface area contributed by atoms with E-state index in [4.69, 9.17) is 17.3 Å². The van der Waals surface area contributed by atoms with Crippen LogP contribution in [0.5, 0.6) is 0 Å². The third-order valence-corrected chi connectivity index (χ3v) is 6.14. The van der Waals surface area contributed by atoms with Gasteiger partial charge in [-0.05, 0) is 35.6 Å². The third kappa shape index (κ3) is 5.62. The van der Waals surface area contributed by atoms with Gasteiger partial charge in [-0.3, -0.25) is 4.79 Å². The Morgan fingerprint density at radius 1 is 1.26 bits per heavy atom. The highest BCUT2D eigenvalue weighted by atomic mass is 35.5. The number of aliphatic carboxylic acids is 1. The van der Waals surface area contributed by atoms with Crippen molar-refractivity contribution in [3.05, 3.63) is 80.0 Å². The number of hydrogen-bond acceptors (Lipinski definition) is 4. The van der Waals surface area contributed by atoms with Crippen molar-refractivity contribution in [2.45, 2.75) is 39.2 Å². The van der Waals surface area contributed by atoms with Gasteiger partial charge in [-0.15, -0.1) is 11.3 Å². The van der Waals surface area contributed by atoms with Crippen LogP contribution in [0.15, 0.2) is 47.4 Å². The first-order valence-corrected chi connectivity index (χ1v) is 11.2. The molecule has 0 unspecified atom stereocenters. The second-order valence-electron chi connectivity index (χ2n) is 7.14. The maximum absolute atomic E-state index is 12.2. The van der Waals surface area contributed by atoms with Crippen LogP contribution in [0.25, 0.3) is 6.08 Å². The normalized spacial score (nSPS) is 11.6. The lowest BCUT2D eigenvalue weighted by molar-refractivity contribution is -0.132. The Kier molecular flexibility index (Phi) is 7.65. The van der Waals surface area contributed by atoms with Gasteiger partial charge in [0.2, 0.25) is 0 Å². The van der Waals surface area contributed by atoms with Crippen LogP contribution in [0.4, 0.5) is 0 Å². The monoisotopic (exact) mass is 457 g/mol. The number of nitrogens with zero attached hydrogens (tertiary/aromatic N) is 2. The summed E-state index contributed by atoms with van der Waals surface area (Å²) in [7, 11) is 0. The van der Waals surface area contributed by atoms with Crippen LogP contribution < -0.4 is 5.73 Å². The van der Waals surface area contributed by atoms with Crippen molar-refractivity contribution in [2.75, 3.05) is 0 Å². The van der Waals surface area contributed by atoms with Gasteiger partial charge in [0.15, 0.2) is 5.69 Å². The summed E-state index contributed by atoms with van der Waals surface area (Å²) >= 11 is 7.85. The molecule has 0 saturated carbocycles. The quantitative estimate of drug-likeness (QED) is 0.427. The lowest BCUT2D eigenvalue weighted by Crippen LogP contribution is -2.15. The molecule has 8 heteroatoms. The molecule has 3 rings (SSSR count). The molecule has 2 heterocycles. The number of hydrogen-bond donors (Lipinski definition) is 2. The number of aryl methyl sites for hydroxylation is 1. The molecular formula is C23H24ClN3O3S. The molecule has 0 aliphatic rings. The molecule has 0 saturated heterocycles. The summed E-state index contributed by atoms with van der Waals surface area (Å²) in [5, 5.41) is 12.3. The number of benzene rings is 1. The van der Waals surface area contributed by atoms with Crippen molar-refractivity contribution in [1.82, 2.24) is 9.55 Å². The summed E-state index contributed by atoms with van der Waals surface area (Å²) < 4.78 is 1.86. The van der Waals surface area contributed by atoms with E-state index in [1.54, 1.807) is 6.07 Å². The van der Waals surface area contributed by atoms with E-state index < -0.39 is 11.9 Å². The molecule has 6 nitrogen and oxygen atoms in total. The number of nitrogens with two attached hydrogens (primary N) is 1. The molecule has 3 N–H and O–H groups in total. The second kappa shape index (κ2) is 10.4. The van der Waals surface area contributed by atoms with Crippen LogP contribution in [-0.2, 0) is 24.2 Å². The fourth-order valence-electron chi connectivity index (χ4n) is 3.29. The number of carbonyl (C=O) groups is 2. The van der Waals surface area contributed by atoms with Crippen molar-refractivity contribution in [3.8, 4) is 0 Å². The van der Waals surface area contributed by atoms with Gasteiger partial charge in [0.25, 0.3) is 5.91 Å². The molecule has 0 aliphatic heterocycles. The highest BCUT2D eigenvalue weighted by Gasteiger charge is 2.22. The number of unbranched alkanes of at least 4 members (excludes halogenated alkanes) is 1. The standard InChI is InChI=1S/C23H24ClN3O3S/c1-2-3-10-20-26-21(22(25)28)19(27(20)14-15-7-4-5-9-18(15)24)13-16(23(29)30)12-17-8-6-11-31-17/h4-9,11,13H,2-3,10,12,14H2,1H3,(H2,25,28)(H,29,30). The largest absolute Gasteiger partial charge is 0.478 e. The van der Waals surface area contributed by atoms with Gasteiger partial charge in [0.05, 0.1) is 12.2 Å². The first-order valence-electron chi connectivity index (χ1n) is 9.99. The maximum atomic E-state index is 12.2. The first kappa shape index (κ1) is 22.8. The lowest BCUT2D eigenvalue weighted by atomic mass is 10.1. The van der Waals surface area contributed by atoms with Crippen molar-refractivity contribution < 1.29 is 14.7 Å². The summed E-state index contributed by atoms with van der Waals surface area (Å²) in [6.45, 7) is 2.43. The van der Waals surface area contributed by atoms with Gasteiger partial charge in [0.1, 0.15) is 5.82 Å². The van der Waals surface area contributed by atoms with Crippen LogP contribution in [0.1, 0.15) is 52.2 Å². The van der Waals surface area contributed by atoms with Crippen molar-refractivity contribution >= 4 is 40.9 Å². The number of carboxylic acid groups (broad SMARTS) is 1. The smallest absolute Gasteiger partial charge is 0.332 e. The number of primary amides is 1. The fraction of sp³-hybridized carbons (Fsp3) is 0.261. The molecule has 0 atom stereocenters. The van der Waals surface area contributed by atoms with E-state index in [0.717, 1.165) is 23.3 Å². The Morgan fingerprint density at radius 2 is 2.03 bits per heavy atom. The van der Waals surface area contributed by atoms with Gasteiger partial charge in [0, 0.05) is 28.3 Å². The molecule has 0 aliphatic carbocycles. The van der Waals surface area contributed by atoms with Gasteiger partial charge in [-0.2, -0.15) is 0 Å². The van der Waals surface area contributed by atoms with E-state index in [0.29, 0.717) is 29.5 Å². The predicted molar refractivity (Wildman–Crippen MR) is 124 cm³/mol. The van der Waals surface area contributed by atoms with Gasteiger partial charge in [-0.25, -0.2) is 9.78 Å². The summed E-state index contributed by atoms with van der Waals surface area (Å²) in [4.78, 5) is 29.6. The minimum atomic E-state index is -1.05. The first-order chi connectivity index (χ1) is 14.9. The lowest BCUT2D eigenvalue weighted by Gasteiger charge is -2.13. The Hall–Kier alpha value is -2.90. The van der Waals surface area contributed by atoms with E-state index in [-0.39, 0.29) is 17.7 Å². The number of thiophene rings is 1. The number of rotatable bonds is 10. The molecule has 3 aromatic rings. The van der Waals surface area contributed by atoms with Crippen LogP contribution in [0, 0.1) is 0 Å². The van der Waals surface area contributed by atoms with Gasteiger partial charge in [-0.1, -0.05) is 49.2 Å². The molecule has 0 radical (unpaired) electrons. The second-order valence-corrected chi connectivity index (χ2v) is 8.58. The van der Waals surface area contributed by atoms with E-state index in [9.17, 15) is 14.7 Å².